The molecule has 0 spiro atoms. The number of urea groups is 1. The largest absolute Gasteiger partial charge is 0.481 e. The SMILES string of the molecule is CS(=O)(=O)CC1CCCCN1C(=O)NC(CCC(=O)O)Cc1ccccc1. The summed E-state index contributed by atoms with van der Waals surface area (Å²) in [7, 11) is -3.19. The second-order valence-electron chi connectivity index (χ2n) is 7.20. The van der Waals surface area contributed by atoms with Crippen molar-refractivity contribution in [1.82, 2.24) is 10.2 Å². The maximum Gasteiger partial charge on any atom is 0.317 e. The van der Waals surface area contributed by atoms with Gasteiger partial charge in [-0.25, -0.2) is 13.2 Å². The highest BCUT2D eigenvalue weighted by atomic mass is 32.2. The minimum atomic E-state index is -3.19. The van der Waals surface area contributed by atoms with Gasteiger partial charge in [-0.15, -0.1) is 0 Å². The van der Waals surface area contributed by atoms with Crippen LogP contribution >= 0.6 is 0 Å². The number of amides is 2. The van der Waals surface area contributed by atoms with Gasteiger partial charge in [-0.1, -0.05) is 30.3 Å². The maximum absolute atomic E-state index is 12.8. The molecule has 2 unspecified atom stereocenters. The number of piperidine rings is 1. The Bertz CT molecular complexity index is 736. The Labute approximate surface area is 160 Å². The van der Waals surface area contributed by atoms with Crippen LogP contribution in [0.5, 0.6) is 0 Å². The number of nitrogens with one attached hydrogen (secondary N) is 1. The van der Waals surface area contributed by atoms with Crippen LogP contribution in [0.3, 0.4) is 0 Å². The highest BCUT2D eigenvalue weighted by Gasteiger charge is 2.30. The van der Waals surface area contributed by atoms with Gasteiger partial charge in [0.05, 0.1) is 5.75 Å². The summed E-state index contributed by atoms with van der Waals surface area (Å²) in [5.74, 6) is -0.950. The second kappa shape index (κ2) is 9.73. The lowest BCUT2D eigenvalue weighted by Crippen LogP contribution is -2.53. The Morgan fingerprint density at radius 3 is 2.59 bits per heavy atom. The van der Waals surface area contributed by atoms with E-state index in [-0.39, 0.29) is 30.3 Å². The molecule has 8 heteroatoms. The Hall–Kier alpha value is -2.09. The predicted octanol–water partition coefficient (Wildman–Crippen LogP) is 2.07. The summed E-state index contributed by atoms with van der Waals surface area (Å²) in [6, 6.07) is 8.62. The third-order valence-corrected chi connectivity index (χ3v) is 5.73. The van der Waals surface area contributed by atoms with Gasteiger partial charge in [0, 0.05) is 31.3 Å². The average Bonchev–Trinajstić information content (AvgIpc) is 2.59. The monoisotopic (exact) mass is 396 g/mol. The normalized spacial score (nSPS) is 18.7. The summed E-state index contributed by atoms with van der Waals surface area (Å²) in [6.45, 7) is 0.517. The van der Waals surface area contributed by atoms with Gasteiger partial charge in [0.25, 0.3) is 0 Å². The van der Waals surface area contributed by atoms with Gasteiger partial charge in [-0.3, -0.25) is 4.79 Å². The molecule has 0 bridgehead atoms. The fourth-order valence-corrected chi connectivity index (χ4v) is 4.52. The molecule has 1 aliphatic rings. The summed E-state index contributed by atoms with van der Waals surface area (Å²) in [6.07, 6.45) is 4.40. The van der Waals surface area contributed by atoms with Crippen molar-refractivity contribution in [1.29, 1.82) is 0 Å². The van der Waals surface area contributed by atoms with Crippen molar-refractivity contribution in [2.45, 2.75) is 50.6 Å². The highest BCUT2D eigenvalue weighted by Crippen LogP contribution is 2.19. The zero-order chi connectivity index (χ0) is 19.9. The Morgan fingerprint density at radius 1 is 1.26 bits per heavy atom. The summed E-state index contributed by atoms with van der Waals surface area (Å²) < 4.78 is 23.4. The first-order valence-electron chi connectivity index (χ1n) is 9.25. The number of carbonyl (C=O) groups excluding carboxylic acids is 1. The van der Waals surface area contributed by atoms with Crippen LogP contribution in [0.2, 0.25) is 0 Å². The van der Waals surface area contributed by atoms with Crippen molar-refractivity contribution in [3.05, 3.63) is 35.9 Å². The van der Waals surface area contributed by atoms with Crippen molar-refractivity contribution in [3.8, 4) is 0 Å². The van der Waals surface area contributed by atoms with Crippen LogP contribution in [-0.4, -0.2) is 61.1 Å². The van der Waals surface area contributed by atoms with Crippen molar-refractivity contribution < 1.29 is 23.1 Å². The van der Waals surface area contributed by atoms with Crippen LogP contribution in [0.25, 0.3) is 0 Å². The van der Waals surface area contributed by atoms with Gasteiger partial charge in [0.2, 0.25) is 0 Å². The summed E-state index contributed by atoms with van der Waals surface area (Å²) in [5, 5.41) is 11.9. The van der Waals surface area contributed by atoms with Gasteiger partial charge in [0.1, 0.15) is 9.84 Å². The molecule has 2 atom stereocenters. The fourth-order valence-electron chi connectivity index (χ4n) is 3.47. The predicted molar refractivity (Wildman–Crippen MR) is 103 cm³/mol. The van der Waals surface area contributed by atoms with E-state index in [1.807, 2.05) is 30.3 Å². The minimum Gasteiger partial charge on any atom is -0.481 e. The van der Waals surface area contributed by atoms with Gasteiger partial charge >= 0.3 is 12.0 Å². The number of hydrogen-bond acceptors (Lipinski definition) is 4. The molecule has 1 aromatic carbocycles. The fraction of sp³-hybridized carbons (Fsp3) is 0.579. The smallest absolute Gasteiger partial charge is 0.317 e. The van der Waals surface area contributed by atoms with E-state index in [1.165, 1.54) is 6.26 Å². The van der Waals surface area contributed by atoms with Crippen molar-refractivity contribution in [2.75, 3.05) is 18.6 Å². The van der Waals surface area contributed by atoms with Crippen LogP contribution in [0.4, 0.5) is 4.79 Å². The number of likely N-dealkylation sites (tertiary alicyclic amines) is 1. The molecule has 0 aromatic heterocycles. The minimum absolute atomic E-state index is 0.0372. The number of benzene rings is 1. The molecule has 1 heterocycles. The topological polar surface area (TPSA) is 104 Å². The summed E-state index contributed by atoms with van der Waals surface area (Å²) >= 11 is 0. The number of sulfone groups is 1. The van der Waals surface area contributed by atoms with E-state index in [1.54, 1.807) is 4.90 Å². The molecular formula is C19H28N2O5S. The number of carbonyl (C=O) groups is 2. The van der Waals surface area contributed by atoms with Crippen molar-refractivity contribution in [3.63, 3.8) is 0 Å². The molecule has 1 aromatic rings. The maximum atomic E-state index is 12.8. The van der Waals surface area contributed by atoms with Crippen LogP contribution in [-0.2, 0) is 21.1 Å². The molecule has 150 valence electrons. The van der Waals surface area contributed by atoms with E-state index in [0.29, 0.717) is 25.8 Å². The molecule has 7 nitrogen and oxygen atoms in total. The van der Waals surface area contributed by atoms with Gasteiger partial charge in [0.15, 0.2) is 0 Å². The first-order valence-corrected chi connectivity index (χ1v) is 11.3. The number of aliphatic carboxylic acids is 1. The Morgan fingerprint density at radius 2 is 1.96 bits per heavy atom. The lowest BCUT2D eigenvalue weighted by atomic mass is 10.0. The van der Waals surface area contributed by atoms with Gasteiger partial charge in [-0.05, 0) is 37.7 Å². The van der Waals surface area contributed by atoms with E-state index in [4.69, 9.17) is 5.11 Å². The lowest BCUT2D eigenvalue weighted by molar-refractivity contribution is -0.137. The molecular weight excluding hydrogens is 368 g/mol. The molecule has 0 aliphatic carbocycles. The molecule has 2 amide bonds. The summed E-state index contributed by atoms with van der Waals surface area (Å²) in [5.41, 5.74) is 1.01. The van der Waals surface area contributed by atoms with Crippen molar-refractivity contribution in [2.24, 2.45) is 0 Å². The molecule has 1 fully saturated rings. The molecule has 2 rings (SSSR count). The molecule has 27 heavy (non-hydrogen) atoms. The number of carboxylic acids is 1. The first kappa shape index (κ1) is 21.2. The molecule has 0 radical (unpaired) electrons. The van der Waals surface area contributed by atoms with E-state index < -0.39 is 15.8 Å². The van der Waals surface area contributed by atoms with E-state index in [0.717, 1.165) is 18.4 Å². The van der Waals surface area contributed by atoms with Crippen LogP contribution in [0.1, 0.15) is 37.7 Å². The highest BCUT2D eigenvalue weighted by molar-refractivity contribution is 7.90. The molecule has 0 saturated carbocycles. The lowest BCUT2D eigenvalue weighted by Gasteiger charge is -2.36. The Kier molecular flexibility index (Phi) is 7.65. The van der Waals surface area contributed by atoms with Crippen LogP contribution in [0, 0.1) is 0 Å². The van der Waals surface area contributed by atoms with E-state index >= 15 is 0 Å². The number of hydrogen-bond donors (Lipinski definition) is 2. The zero-order valence-electron chi connectivity index (χ0n) is 15.6. The molecule has 1 aliphatic heterocycles. The number of carboxylic acid groups (broad SMARTS) is 1. The third kappa shape index (κ3) is 7.58. The molecule has 2 N–H and O–H groups in total. The zero-order valence-corrected chi connectivity index (χ0v) is 16.5. The van der Waals surface area contributed by atoms with Gasteiger partial charge < -0.3 is 15.3 Å². The summed E-state index contributed by atoms with van der Waals surface area (Å²) in [4.78, 5) is 25.4. The quantitative estimate of drug-likeness (QED) is 0.700. The average molecular weight is 397 g/mol. The number of rotatable bonds is 8. The van der Waals surface area contributed by atoms with Crippen molar-refractivity contribution >= 4 is 21.8 Å². The van der Waals surface area contributed by atoms with Gasteiger partial charge in [-0.2, -0.15) is 0 Å². The third-order valence-electron chi connectivity index (χ3n) is 4.74. The Balaban J connectivity index is 2.06. The number of nitrogens with zero attached hydrogens (tertiary/aromatic N) is 1. The van der Waals surface area contributed by atoms with Crippen LogP contribution in [0.15, 0.2) is 30.3 Å². The first-order chi connectivity index (χ1) is 12.7. The van der Waals surface area contributed by atoms with Crippen LogP contribution < -0.4 is 5.32 Å². The van der Waals surface area contributed by atoms with E-state index in [2.05, 4.69) is 5.32 Å². The van der Waals surface area contributed by atoms with E-state index in [9.17, 15) is 18.0 Å². The second-order valence-corrected chi connectivity index (χ2v) is 9.39. The molecule has 1 saturated heterocycles. The standard InChI is InChI=1S/C19H28N2O5S/c1-27(25,26)14-17-9-5-6-12-21(17)19(24)20-16(10-11-18(22)23)13-15-7-3-2-4-8-15/h2-4,7-8,16-17H,5-6,9-14H2,1H3,(H,20,24)(H,22,23).